The van der Waals surface area contributed by atoms with Crippen LogP contribution in [0.25, 0.3) is 28.2 Å². The first kappa shape index (κ1) is 20.5. The average Bonchev–Trinajstić information content (AvgIpc) is 3.28. The molecule has 4 aromatic rings. The highest BCUT2D eigenvalue weighted by Gasteiger charge is 2.26. The van der Waals surface area contributed by atoms with E-state index in [-0.39, 0.29) is 0 Å². The van der Waals surface area contributed by atoms with Gasteiger partial charge in [0.05, 0.1) is 12.1 Å². The van der Waals surface area contributed by atoms with Gasteiger partial charge in [0.25, 0.3) is 0 Å². The molecule has 1 aliphatic heterocycles. The van der Waals surface area contributed by atoms with E-state index >= 15 is 0 Å². The number of anilines is 2. The van der Waals surface area contributed by atoms with Gasteiger partial charge in [0.2, 0.25) is 0 Å². The first-order valence-corrected chi connectivity index (χ1v) is 11.2. The van der Waals surface area contributed by atoms with Gasteiger partial charge in [-0.3, -0.25) is 4.98 Å². The lowest BCUT2D eigenvalue weighted by Gasteiger charge is -2.20. The van der Waals surface area contributed by atoms with E-state index in [2.05, 4.69) is 56.8 Å². The Morgan fingerprint density at radius 1 is 1.09 bits per heavy atom. The summed E-state index contributed by atoms with van der Waals surface area (Å²) in [5, 5.41) is 0. The average molecular weight is 443 g/mol. The number of ether oxygens (including phenoxy) is 1. The van der Waals surface area contributed by atoms with Gasteiger partial charge in [-0.05, 0) is 59.4 Å². The minimum Gasteiger partial charge on any atom is -0.494 e. The van der Waals surface area contributed by atoms with Crippen molar-refractivity contribution in [1.82, 2.24) is 15.0 Å². The van der Waals surface area contributed by atoms with Crippen molar-refractivity contribution in [1.29, 1.82) is 0 Å². The maximum atomic E-state index is 5.86. The van der Waals surface area contributed by atoms with Gasteiger partial charge in [0.1, 0.15) is 17.6 Å². The Bertz CT molecular complexity index is 1290. The highest BCUT2D eigenvalue weighted by atomic mass is 35.5. The lowest BCUT2D eigenvalue weighted by Crippen LogP contribution is -2.15. The lowest BCUT2D eigenvalue weighted by atomic mass is 9.98. The quantitative estimate of drug-likeness (QED) is 0.258. The van der Waals surface area contributed by atoms with Crippen molar-refractivity contribution in [2.75, 3.05) is 23.9 Å². The molecule has 0 N–H and O–H groups in total. The molecule has 0 spiro atoms. The summed E-state index contributed by atoms with van der Waals surface area (Å²) in [6.07, 6.45) is 6.95. The molecule has 0 atom stereocenters. The first-order valence-electron chi connectivity index (χ1n) is 10.7. The Hall–Kier alpha value is -3.44. The van der Waals surface area contributed by atoms with Crippen LogP contribution in [0.15, 0.2) is 67.6 Å². The third-order valence-corrected chi connectivity index (χ3v) is 5.96. The van der Waals surface area contributed by atoms with Crippen molar-refractivity contribution in [2.45, 2.75) is 12.8 Å². The number of hydrogen-bond acceptors (Lipinski definition) is 5. The fraction of sp³-hybridized carbons (Fsp3) is 0.192. The highest BCUT2D eigenvalue weighted by Crippen LogP contribution is 2.41. The second kappa shape index (κ2) is 8.97. The van der Waals surface area contributed by atoms with Gasteiger partial charge in [0.15, 0.2) is 5.82 Å². The summed E-state index contributed by atoms with van der Waals surface area (Å²) in [4.78, 5) is 15.9. The molecule has 0 amide bonds. The minimum atomic E-state index is 0.600. The van der Waals surface area contributed by atoms with Gasteiger partial charge >= 0.3 is 0 Å². The standard InChI is InChI=1S/C26H23ClN4O/c1-2-18-14-23-25(28-16-18)26(30-17-29-23)31-12-10-22-21(8-4-9-24(22)31)19-6-3-7-20(15-19)32-13-5-11-27/h2-4,6-9,14-17H,1,5,10-13H2. The molecule has 2 aromatic heterocycles. The van der Waals surface area contributed by atoms with Crippen LogP contribution in [0.2, 0.25) is 0 Å². The third-order valence-electron chi connectivity index (χ3n) is 5.69. The van der Waals surface area contributed by atoms with Crippen molar-refractivity contribution in [2.24, 2.45) is 0 Å². The molecule has 0 saturated heterocycles. The second-order valence-electron chi connectivity index (χ2n) is 7.66. The molecule has 0 radical (unpaired) electrons. The van der Waals surface area contributed by atoms with Gasteiger partial charge in [-0.15, -0.1) is 11.6 Å². The van der Waals surface area contributed by atoms with E-state index in [0.29, 0.717) is 12.5 Å². The SMILES string of the molecule is C=Cc1cnc2c(N3CCc4c(-c5cccc(OCCCCl)c5)cccc43)ncnc2c1. The molecule has 0 unspecified atom stereocenters. The number of alkyl halides is 1. The van der Waals surface area contributed by atoms with E-state index in [1.165, 1.54) is 11.1 Å². The van der Waals surface area contributed by atoms with Crippen molar-refractivity contribution in [3.05, 3.63) is 78.8 Å². The van der Waals surface area contributed by atoms with Crippen LogP contribution in [-0.4, -0.2) is 34.0 Å². The summed E-state index contributed by atoms with van der Waals surface area (Å²) in [5.41, 5.74) is 7.39. The van der Waals surface area contributed by atoms with Crippen LogP contribution in [0.4, 0.5) is 11.5 Å². The number of benzene rings is 2. The lowest BCUT2D eigenvalue weighted by molar-refractivity contribution is 0.318. The Morgan fingerprint density at radius 2 is 2.00 bits per heavy atom. The Morgan fingerprint density at radius 3 is 2.88 bits per heavy atom. The second-order valence-corrected chi connectivity index (χ2v) is 8.04. The molecule has 0 fully saturated rings. The van der Waals surface area contributed by atoms with Crippen LogP contribution in [-0.2, 0) is 6.42 Å². The molecule has 0 bridgehead atoms. The fourth-order valence-corrected chi connectivity index (χ4v) is 4.29. The van der Waals surface area contributed by atoms with Crippen molar-refractivity contribution >= 4 is 40.2 Å². The van der Waals surface area contributed by atoms with E-state index < -0.39 is 0 Å². The Kier molecular flexibility index (Phi) is 5.73. The summed E-state index contributed by atoms with van der Waals surface area (Å²) >= 11 is 5.77. The van der Waals surface area contributed by atoms with Crippen LogP contribution in [0, 0.1) is 0 Å². The zero-order chi connectivity index (χ0) is 21.9. The fourth-order valence-electron chi connectivity index (χ4n) is 4.18. The molecule has 1 aliphatic rings. The Balaban J connectivity index is 1.52. The smallest absolute Gasteiger partial charge is 0.163 e. The Labute approximate surface area is 192 Å². The minimum absolute atomic E-state index is 0.600. The third kappa shape index (κ3) is 3.80. The maximum Gasteiger partial charge on any atom is 0.163 e. The number of aromatic nitrogens is 3. The van der Waals surface area contributed by atoms with Crippen LogP contribution in [0.1, 0.15) is 17.5 Å². The summed E-state index contributed by atoms with van der Waals surface area (Å²) in [6, 6.07) is 16.7. The first-order chi connectivity index (χ1) is 15.8. The number of pyridine rings is 1. The molecule has 160 valence electrons. The molecule has 0 aliphatic carbocycles. The molecule has 5 nitrogen and oxygen atoms in total. The highest BCUT2D eigenvalue weighted by molar-refractivity contribution is 6.17. The molecule has 6 heteroatoms. The van der Waals surface area contributed by atoms with E-state index in [4.69, 9.17) is 16.3 Å². The number of fused-ring (bicyclic) bond motifs is 2. The number of halogens is 1. The van der Waals surface area contributed by atoms with Crippen LogP contribution in [0.5, 0.6) is 5.75 Å². The predicted molar refractivity (Wildman–Crippen MR) is 131 cm³/mol. The van der Waals surface area contributed by atoms with Gasteiger partial charge in [-0.25, -0.2) is 9.97 Å². The molecule has 5 rings (SSSR count). The van der Waals surface area contributed by atoms with E-state index in [1.807, 2.05) is 24.4 Å². The topological polar surface area (TPSA) is 51.1 Å². The van der Waals surface area contributed by atoms with Gasteiger partial charge in [0, 0.05) is 24.3 Å². The van der Waals surface area contributed by atoms with Crippen molar-refractivity contribution in [3.8, 4) is 16.9 Å². The molecule has 2 aromatic carbocycles. The molecule has 3 heterocycles. The van der Waals surface area contributed by atoms with Crippen LogP contribution < -0.4 is 9.64 Å². The van der Waals surface area contributed by atoms with Gasteiger partial charge < -0.3 is 9.64 Å². The zero-order valence-corrected chi connectivity index (χ0v) is 18.4. The van der Waals surface area contributed by atoms with Crippen LogP contribution >= 0.6 is 11.6 Å². The molecule has 32 heavy (non-hydrogen) atoms. The molecule has 0 saturated carbocycles. The van der Waals surface area contributed by atoms with Crippen molar-refractivity contribution in [3.63, 3.8) is 0 Å². The summed E-state index contributed by atoms with van der Waals surface area (Å²) in [7, 11) is 0. The normalized spacial score (nSPS) is 12.7. The zero-order valence-electron chi connectivity index (χ0n) is 17.7. The predicted octanol–water partition coefficient (Wildman–Crippen LogP) is 6.04. The largest absolute Gasteiger partial charge is 0.494 e. The number of hydrogen-bond donors (Lipinski definition) is 0. The maximum absolute atomic E-state index is 5.86. The number of rotatable bonds is 7. The summed E-state index contributed by atoms with van der Waals surface area (Å²) in [6.45, 7) is 5.29. The van der Waals surface area contributed by atoms with E-state index in [9.17, 15) is 0 Å². The van der Waals surface area contributed by atoms with E-state index in [1.54, 1.807) is 12.4 Å². The number of nitrogens with zero attached hydrogens (tertiary/aromatic N) is 4. The summed E-state index contributed by atoms with van der Waals surface area (Å²) in [5.74, 6) is 2.30. The molecular weight excluding hydrogens is 420 g/mol. The van der Waals surface area contributed by atoms with Gasteiger partial charge in [-0.2, -0.15) is 0 Å². The van der Waals surface area contributed by atoms with Gasteiger partial charge in [-0.1, -0.05) is 36.9 Å². The molecular formula is C26H23ClN4O. The monoisotopic (exact) mass is 442 g/mol. The van der Waals surface area contributed by atoms with Crippen LogP contribution in [0.3, 0.4) is 0 Å². The van der Waals surface area contributed by atoms with E-state index in [0.717, 1.165) is 58.8 Å². The van der Waals surface area contributed by atoms with Crippen molar-refractivity contribution < 1.29 is 4.74 Å². The summed E-state index contributed by atoms with van der Waals surface area (Å²) < 4.78 is 5.86.